The summed E-state index contributed by atoms with van der Waals surface area (Å²) in [4.78, 5) is 10.7. The first kappa shape index (κ1) is 12.4. The molecule has 0 spiro atoms. The Labute approximate surface area is 78.5 Å². The molecule has 0 saturated carbocycles. The summed E-state index contributed by atoms with van der Waals surface area (Å²) >= 11 is 0. The Kier molecular flexibility index (Phi) is 6.54. The van der Waals surface area contributed by atoms with Crippen LogP contribution in [-0.4, -0.2) is 36.0 Å². The van der Waals surface area contributed by atoms with Crippen LogP contribution in [0.4, 0.5) is 0 Å². The van der Waals surface area contributed by atoms with E-state index in [4.69, 9.17) is 14.9 Å². The fraction of sp³-hybridized carbons (Fsp3) is 0.889. The van der Waals surface area contributed by atoms with Gasteiger partial charge in [-0.1, -0.05) is 13.8 Å². The molecule has 0 heterocycles. The van der Waals surface area contributed by atoms with Crippen molar-refractivity contribution in [1.29, 1.82) is 0 Å². The maximum absolute atomic E-state index is 10.7. The lowest BCUT2D eigenvalue weighted by Gasteiger charge is -2.15. The minimum absolute atomic E-state index is 0.0145. The van der Waals surface area contributed by atoms with Crippen LogP contribution in [0.25, 0.3) is 0 Å². The third kappa shape index (κ3) is 5.60. The van der Waals surface area contributed by atoms with Crippen LogP contribution >= 0.6 is 0 Å². The summed E-state index contributed by atoms with van der Waals surface area (Å²) in [6.07, 6.45) is 0.507. The zero-order valence-corrected chi connectivity index (χ0v) is 8.19. The lowest BCUT2D eigenvalue weighted by atomic mass is 9.93. The fourth-order valence-corrected chi connectivity index (χ4v) is 1.12. The first-order valence-electron chi connectivity index (χ1n) is 4.51. The molecule has 13 heavy (non-hydrogen) atoms. The van der Waals surface area contributed by atoms with Crippen LogP contribution in [0.1, 0.15) is 20.3 Å². The predicted octanol–water partition coefficient (Wildman–Crippen LogP) is 0.742. The molecule has 4 heteroatoms. The highest BCUT2D eigenvalue weighted by Crippen LogP contribution is 2.15. The van der Waals surface area contributed by atoms with Crippen molar-refractivity contribution in [2.45, 2.75) is 20.3 Å². The van der Waals surface area contributed by atoms with Gasteiger partial charge in [-0.2, -0.15) is 0 Å². The summed E-state index contributed by atoms with van der Waals surface area (Å²) in [5.74, 6) is -1.00. The number of aliphatic hydroxyl groups excluding tert-OH is 1. The summed E-state index contributed by atoms with van der Waals surface area (Å²) in [6, 6.07) is 0. The van der Waals surface area contributed by atoms with Gasteiger partial charge in [0.2, 0.25) is 0 Å². The van der Waals surface area contributed by atoms with E-state index >= 15 is 0 Å². The number of aliphatic hydroxyl groups is 1. The number of hydrogen-bond acceptors (Lipinski definition) is 3. The second-order valence-corrected chi connectivity index (χ2v) is 3.31. The minimum Gasteiger partial charge on any atom is -0.481 e. The van der Waals surface area contributed by atoms with Crippen molar-refractivity contribution in [3.8, 4) is 0 Å². The van der Waals surface area contributed by atoms with Crippen LogP contribution in [0.2, 0.25) is 0 Å². The zero-order valence-electron chi connectivity index (χ0n) is 8.19. The molecule has 78 valence electrons. The molecule has 0 aromatic heterocycles. The second-order valence-electron chi connectivity index (χ2n) is 3.31. The molecule has 0 aliphatic rings. The van der Waals surface area contributed by atoms with Gasteiger partial charge < -0.3 is 14.9 Å². The number of carbonyl (C=O) groups is 1. The third-order valence-corrected chi connectivity index (χ3v) is 1.93. The SMILES string of the molecule is CC(C)C(CCOCCO)C(=O)O. The number of hydrogen-bond donors (Lipinski definition) is 2. The molecule has 0 amide bonds. The van der Waals surface area contributed by atoms with E-state index < -0.39 is 5.97 Å². The molecule has 0 rings (SSSR count). The topological polar surface area (TPSA) is 66.8 Å². The molecule has 0 aliphatic heterocycles. The van der Waals surface area contributed by atoms with Crippen molar-refractivity contribution in [3.63, 3.8) is 0 Å². The average Bonchev–Trinajstić information content (AvgIpc) is 2.02. The van der Waals surface area contributed by atoms with Gasteiger partial charge >= 0.3 is 5.97 Å². The third-order valence-electron chi connectivity index (χ3n) is 1.93. The van der Waals surface area contributed by atoms with Crippen LogP contribution in [0, 0.1) is 11.8 Å². The monoisotopic (exact) mass is 190 g/mol. The first-order chi connectivity index (χ1) is 6.09. The van der Waals surface area contributed by atoms with Crippen molar-refractivity contribution >= 4 is 5.97 Å². The molecular weight excluding hydrogens is 172 g/mol. The van der Waals surface area contributed by atoms with Gasteiger partial charge in [-0.05, 0) is 12.3 Å². The first-order valence-corrected chi connectivity index (χ1v) is 4.51. The Morgan fingerprint density at radius 1 is 1.38 bits per heavy atom. The molecular formula is C9H18O4. The van der Waals surface area contributed by atoms with E-state index in [0.717, 1.165) is 0 Å². The smallest absolute Gasteiger partial charge is 0.306 e. The normalized spacial score (nSPS) is 13.2. The van der Waals surface area contributed by atoms with Crippen molar-refractivity contribution in [2.75, 3.05) is 19.8 Å². The van der Waals surface area contributed by atoms with Crippen LogP contribution < -0.4 is 0 Å². The summed E-state index contributed by atoms with van der Waals surface area (Å²) in [7, 11) is 0. The van der Waals surface area contributed by atoms with Gasteiger partial charge in [-0.25, -0.2) is 0 Å². The Bertz CT molecular complexity index is 145. The molecule has 1 atom stereocenters. The van der Waals surface area contributed by atoms with Crippen LogP contribution in [-0.2, 0) is 9.53 Å². The number of rotatable bonds is 7. The molecule has 0 aromatic rings. The number of ether oxygens (including phenoxy) is 1. The van der Waals surface area contributed by atoms with Gasteiger partial charge in [0.25, 0.3) is 0 Å². The van der Waals surface area contributed by atoms with Crippen molar-refractivity contribution in [2.24, 2.45) is 11.8 Å². The summed E-state index contributed by atoms with van der Waals surface area (Å²) in [6.45, 7) is 4.43. The summed E-state index contributed by atoms with van der Waals surface area (Å²) in [5, 5.41) is 17.2. The standard InChI is InChI=1S/C9H18O4/c1-7(2)8(9(11)12)3-5-13-6-4-10/h7-8,10H,3-6H2,1-2H3,(H,11,12). The molecule has 0 bridgehead atoms. The zero-order chi connectivity index (χ0) is 10.3. The Balaban J connectivity index is 3.64. The lowest BCUT2D eigenvalue weighted by Crippen LogP contribution is -2.21. The Morgan fingerprint density at radius 2 is 2.00 bits per heavy atom. The second kappa shape index (κ2) is 6.86. The van der Waals surface area contributed by atoms with Crippen LogP contribution in [0.5, 0.6) is 0 Å². The maximum atomic E-state index is 10.7. The highest BCUT2D eigenvalue weighted by Gasteiger charge is 2.20. The maximum Gasteiger partial charge on any atom is 0.306 e. The van der Waals surface area contributed by atoms with Crippen molar-refractivity contribution in [1.82, 2.24) is 0 Å². The van der Waals surface area contributed by atoms with E-state index in [1.165, 1.54) is 0 Å². The number of aliphatic carboxylic acids is 1. The van der Waals surface area contributed by atoms with Gasteiger partial charge in [0.1, 0.15) is 0 Å². The molecule has 4 nitrogen and oxygen atoms in total. The highest BCUT2D eigenvalue weighted by molar-refractivity contribution is 5.70. The molecule has 0 radical (unpaired) electrons. The summed E-state index contributed by atoms with van der Waals surface area (Å²) in [5.41, 5.74) is 0. The molecule has 0 aromatic carbocycles. The molecule has 0 saturated heterocycles. The molecule has 0 aliphatic carbocycles. The Morgan fingerprint density at radius 3 is 2.38 bits per heavy atom. The van der Waals surface area contributed by atoms with E-state index in [0.29, 0.717) is 13.0 Å². The predicted molar refractivity (Wildman–Crippen MR) is 48.5 cm³/mol. The van der Waals surface area contributed by atoms with E-state index in [2.05, 4.69) is 0 Å². The highest BCUT2D eigenvalue weighted by atomic mass is 16.5. The largest absolute Gasteiger partial charge is 0.481 e. The average molecular weight is 190 g/mol. The molecule has 1 unspecified atom stereocenters. The van der Waals surface area contributed by atoms with Gasteiger partial charge in [0, 0.05) is 6.61 Å². The minimum atomic E-state index is -0.775. The number of carboxylic acid groups (broad SMARTS) is 1. The van der Waals surface area contributed by atoms with E-state index in [1.807, 2.05) is 13.8 Å². The van der Waals surface area contributed by atoms with Gasteiger partial charge in [0.05, 0.1) is 19.1 Å². The van der Waals surface area contributed by atoms with Crippen molar-refractivity contribution < 1.29 is 19.7 Å². The summed E-state index contributed by atoms with van der Waals surface area (Å²) < 4.78 is 5.00. The lowest BCUT2D eigenvalue weighted by molar-refractivity contribution is -0.144. The van der Waals surface area contributed by atoms with Gasteiger partial charge in [0.15, 0.2) is 0 Å². The Hall–Kier alpha value is -0.610. The number of carboxylic acids is 1. The molecule has 2 N–H and O–H groups in total. The van der Waals surface area contributed by atoms with Crippen LogP contribution in [0.15, 0.2) is 0 Å². The van der Waals surface area contributed by atoms with Gasteiger partial charge in [-0.3, -0.25) is 4.79 Å². The quantitative estimate of drug-likeness (QED) is 0.581. The van der Waals surface area contributed by atoms with E-state index in [9.17, 15) is 4.79 Å². The van der Waals surface area contributed by atoms with Crippen molar-refractivity contribution in [3.05, 3.63) is 0 Å². The molecule has 0 fully saturated rings. The van der Waals surface area contributed by atoms with E-state index in [1.54, 1.807) is 0 Å². The van der Waals surface area contributed by atoms with Gasteiger partial charge in [-0.15, -0.1) is 0 Å². The fourth-order valence-electron chi connectivity index (χ4n) is 1.12. The van der Waals surface area contributed by atoms with Crippen LogP contribution in [0.3, 0.4) is 0 Å². The van der Waals surface area contributed by atoms with E-state index in [-0.39, 0.29) is 25.0 Å².